The predicted octanol–water partition coefficient (Wildman–Crippen LogP) is 6.23. The summed E-state index contributed by atoms with van der Waals surface area (Å²) in [7, 11) is 0. The molecule has 0 unspecified atom stereocenters. The number of anilines is 3. The van der Waals surface area contributed by atoms with E-state index in [2.05, 4.69) is 25.6 Å². The molecule has 6 nitrogen and oxygen atoms in total. The van der Waals surface area contributed by atoms with Gasteiger partial charge in [-0.25, -0.2) is 4.98 Å². The van der Waals surface area contributed by atoms with Crippen molar-refractivity contribution in [2.24, 2.45) is 0 Å². The van der Waals surface area contributed by atoms with Crippen LogP contribution in [0.5, 0.6) is 0 Å². The Labute approximate surface area is 195 Å². The van der Waals surface area contributed by atoms with E-state index < -0.39 is 23.5 Å². The average molecular weight is 492 g/mol. The van der Waals surface area contributed by atoms with E-state index >= 15 is 0 Å². The highest BCUT2D eigenvalue weighted by molar-refractivity contribution is 5.85. The molecule has 12 heteroatoms. The fourth-order valence-corrected chi connectivity index (χ4v) is 3.50. The molecule has 2 heterocycles. The largest absolute Gasteiger partial charge is 0.416 e. The Hall–Kier alpha value is -3.83. The highest BCUT2D eigenvalue weighted by Crippen LogP contribution is 2.32. The molecule has 1 aliphatic carbocycles. The van der Waals surface area contributed by atoms with Crippen LogP contribution >= 0.6 is 0 Å². The summed E-state index contributed by atoms with van der Waals surface area (Å²) in [4.78, 5) is 13.3. The molecule has 1 aliphatic rings. The van der Waals surface area contributed by atoms with Crippen molar-refractivity contribution in [3.63, 3.8) is 0 Å². The highest BCUT2D eigenvalue weighted by Gasteiger charge is 2.31. The lowest BCUT2D eigenvalue weighted by Crippen LogP contribution is -2.09. The minimum Gasteiger partial charge on any atom is -0.365 e. The first-order chi connectivity index (χ1) is 16.6. The van der Waals surface area contributed by atoms with Gasteiger partial charge in [0.05, 0.1) is 24.0 Å². The van der Waals surface area contributed by atoms with Crippen molar-refractivity contribution in [1.29, 1.82) is 0 Å². The lowest BCUT2D eigenvalue weighted by Gasteiger charge is -2.12. The minimum absolute atomic E-state index is 0.148. The van der Waals surface area contributed by atoms with Crippen LogP contribution in [0.4, 0.5) is 43.8 Å². The molecule has 35 heavy (non-hydrogen) atoms. The van der Waals surface area contributed by atoms with Crippen LogP contribution in [0, 0.1) is 0 Å². The molecule has 4 aromatic rings. The van der Waals surface area contributed by atoms with E-state index in [1.165, 1.54) is 30.6 Å². The molecule has 0 amide bonds. The second kappa shape index (κ2) is 8.43. The first-order valence-electron chi connectivity index (χ1n) is 10.7. The molecule has 182 valence electrons. The Balaban J connectivity index is 1.45. The molecule has 1 saturated carbocycles. The van der Waals surface area contributed by atoms with Gasteiger partial charge in [-0.15, -0.1) is 0 Å². The van der Waals surface area contributed by atoms with Crippen LogP contribution in [0.25, 0.3) is 11.2 Å². The van der Waals surface area contributed by atoms with Gasteiger partial charge in [-0.3, -0.25) is 0 Å². The monoisotopic (exact) mass is 492 g/mol. The van der Waals surface area contributed by atoms with Crippen LogP contribution in [0.1, 0.15) is 29.5 Å². The maximum Gasteiger partial charge on any atom is 0.416 e. The second-order valence-electron chi connectivity index (χ2n) is 8.25. The molecule has 5 rings (SSSR count). The van der Waals surface area contributed by atoms with Gasteiger partial charge in [-0.05, 0) is 54.8 Å². The maximum absolute atomic E-state index is 12.9. The molecule has 0 aliphatic heterocycles. The van der Waals surface area contributed by atoms with Crippen LogP contribution in [0.3, 0.4) is 0 Å². The summed E-state index contributed by atoms with van der Waals surface area (Å²) in [5.41, 5.74) is 0.385. The van der Waals surface area contributed by atoms with Crippen LogP contribution in [0.2, 0.25) is 0 Å². The van der Waals surface area contributed by atoms with Crippen molar-refractivity contribution >= 4 is 28.6 Å². The number of hydrogen-bond acceptors (Lipinski definition) is 5. The van der Waals surface area contributed by atoms with Crippen molar-refractivity contribution < 1.29 is 26.3 Å². The number of hydrogen-bond donors (Lipinski definition) is 2. The molecular formula is C23H18F6N6. The van der Waals surface area contributed by atoms with E-state index in [9.17, 15) is 26.3 Å². The van der Waals surface area contributed by atoms with Gasteiger partial charge in [0.2, 0.25) is 5.95 Å². The Morgan fingerprint density at radius 3 is 2.00 bits per heavy atom. The van der Waals surface area contributed by atoms with Gasteiger partial charge < -0.3 is 15.2 Å². The number of benzene rings is 2. The van der Waals surface area contributed by atoms with Gasteiger partial charge in [-0.1, -0.05) is 12.1 Å². The summed E-state index contributed by atoms with van der Waals surface area (Å²) >= 11 is 0. The van der Waals surface area contributed by atoms with E-state index in [0.29, 0.717) is 28.2 Å². The van der Waals surface area contributed by atoms with Crippen molar-refractivity contribution in [2.45, 2.75) is 37.8 Å². The van der Waals surface area contributed by atoms with Crippen molar-refractivity contribution in [1.82, 2.24) is 19.5 Å². The summed E-state index contributed by atoms with van der Waals surface area (Å²) in [6.07, 6.45) is -5.40. The standard InChI is InChI=1S/C23H18F6N6/c24-22(25,26)14-3-1-13(2-4-14)11-35-12-30-18-19(31-16-9-10-16)33-21(34-20(18)35)32-17-7-5-15(6-8-17)23(27,28)29/h1-8,12,16H,9-11H2,(H2,31,32,33,34). The van der Waals surface area contributed by atoms with Crippen molar-refractivity contribution in [3.05, 3.63) is 71.5 Å². The topological polar surface area (TPSA) is 67.7 Å². The third-order valence-corrected chi connectivity index (χ3v) is 5.48. The first kappa shape index (κ1) is 22.9. The van der Waals surface area contributed by atoms with Crippen molar-refractivity contribution in [2.75, 3.05) is 10.6 Å². The Bertz CT molecular complexity index is 1340. The average Bonchev–Trinajstić information content (AvgIpc) is 3.52. The Kier molecular flexibility index (Phi) is 5.53. The summed E-state index contributed by atoms with van der Waals surface area (Å²) in [5.74, 6) is 0.618. The van der Waals surface area contributed by atoms with Gasteiger partial charge in [-0.2, -0.15) is 36.3 Å². The van der Waals surface area contributed by atoms with E-state index in [1.807, 2.05) is 0 Å². The fourth-order valence-electron chi connectivity index (χ4n) is 3.50. The molecule has 2 aromatic carbocycles. The number of alkyl halides is 6. The van der Waals surface area contributed by atoms with E-state index in [1.54, 1.807) is 4.57 Å². The van der Waals surface area contributed by atoms with Gasteiger partial charge in [0.25, 0.3) is 0 Å². The van der Waals surface area contributed by atoms with Crippen LogP contribution in [0.15, 0.2) is 54.9 Å². The highest BCUT2D eigenvalue weighted by atomic mass is 19.4. The molecule has 2 aromatic heterocycles. The Morgan fingerprint density at radius 1 is 0.829 bits per heavy atom. The summed E-state index contributed by atoms with van der Waals surface area (Å²) in [5, 5.41) is 6.19. The number of fused-ring (bicyclic) bond motifs is 1. The van der Waals surface area contributed by atoms with E-state index in [0.717, 1.165) is 37.1 Å². The lowest BCUT2D eigenvalue weighted by molar-refractivity contribution is -0.138. The van der Waals surface area contributed by atoms with Crippen LogP contribution in [-0.2, 0) is 18.9 Å². The molecule has 0 saturated heterocycles. The summed E-state index contributed by atoms with van der Waals surface area (Å²) in [6.45, 7) is 0.217. The third-order valence-electron chi connectivity index (χ3n) is 5.48. The van der Waals surface area contributed by atoms with Gasteiger partial charge in [0.1, 0.15) is 0 Å². The molecule has 0 atom stereocenters. The molecule has 2 N–H and O–H groups in total. The smallest absolute Gasteiger partial charge is 0.365 e. The molecule has 0 radical (unpaired) electrons. The van der Waals surface area contributed by atoms with Crippen LogP contribution < -0.4 is 10.6 Å². The maximum atomic E-state index is 12.9. The normalized spacial score (nSPS) is 14.3. The van der Waals surface area contributed by atoms with E-state index in [4.69, 9.17) is 0 Å². The number of halogens is 6. The fraction of sp³-hybridized carbons (Fsp3) is 0.261. The van der Waals surface area contributed by atoms with Gasteiger partial charge in [0.15, 0.2) is 17.0 Å². The SMILES string of the molecule is FC(F)(F)c1ccc(Cn2cnc3c(NC4CC4)nc(Nc4ccc(C(F)(F)F)cc4)nc32)cc1. The second-order valence-corrected chi connectivity index (χ2v) is 8.25. The summed E-state index contributed by atoms with van der Waals surface area (Å²) < 4.78 is 78.8. The zero-order valence-electron chi connectivity index (χ0n) is 18.0. The molecule has 1 fully saturated rings. The molecule has 0 bridgehead atoms. The number of imidazole rings is 1. The minimum atomic E-state index is -4.44. The van der Waals surface area contributed by atoms with Crippen molar-refractivity contribution in [3.8, 4) is 0 Å². The van der Waals surface area contributed by atoms with Gasteiger partial charge in [0, 0.05) is 11.7 Å². The van der Waals surface area contributed by atoms with E-state index in [-0.39, 0.29) is 18.5 Å². The lowest BCUT2D eigenvalue weighted by atomic mass is 10.1. The first-order valence-corrected chi connectivity index (χ1v) is 10.7. The molecular weight excluding hydrogens is 474 g/mol. The quantitative estimate of drug-likeness (QED) is 0.313. The van der Waals surface area contributed by atoms with Gasteiger partial charge >= 0.3 is 12.4 Å². The Morgan fingerprint density at radius 2 is 1.43 bits per heavy atom. The predicted molar refractivity (Wildman–Crippen MR) is 117 cm³/mol. The van der Waals surface area contributed by atoms with Crippen LogP contribution in [-0.4, -0.2) is 25.6 Å². The zero-order valence-corrected chi connectivity index (χ0v) is 18.0. The third kappa shape index (κ3) is 5.15. The number of rotatable bonds is 6. The molecule has 0 spiro atoms. The number of nitrogens with one attached hydrogen (secondary N) is 2. The summed E-state index contributed by atoms with van der Waals surface area (Å²) in [6, 6.07) is 9.53. The number of aromatic nitrogens is 4. The number of nitrogens with zero attached hydrogens (tertiary/aromatic N) is 4. The zero-order chi connectivity index (χ0) is 24.8.